The number of nitrogens with zero attached hydrogens (tertiary/aromatic N) is 4. The van der Waals surface area contributed by atoms with Gasteiger partial charge in [0.25, 0.3) is 5.56 Å². The monoisotopic (exact) mass is 353 g/mol. The van der Waals surface area contributed by atoms with E-state index in [-0.39, 0.29) is 17.9 Å². The normalized spacial score (nSPS) is 11.2. The van der Waals surface area contributed by atoms with Gasteiger partial charge in [0, 0.05) is 19.5 Å². The van der Waals surface area contributed by atoms with Crippen LogP contribution in [0.25, 0.3) is 16.7 Å². The highest BCUT2D eigenvalue weighted by Gasteiger charge is 2.12. The van der Waals surface area contributed by atoms with E-state index in [4.69, 9.17) is 0 Å². The summed E-state index contributed by atoms with van der Waals surface area (Å²) in [4.78, 5) is 28.9. The minimum absolute atomic E-state index is 0.0578. The number of aryl methyl sites for hydroxylation is 1. The SMILES string of the molecule is CC(C)CCNC(=O)CCn1cnc2c(cnn2-c2ccccc2)c1=O. The first kappa shape index (κ1) is 17.8. The molecule has 3 rings (SSSR count). The number of nitrogens with one attached hydrogen (secondary N) is 1. The van der Waals surface area contributed by atoms with E-state index in [1.165, 1.54) is 17.1 Å². The number of para-hydroxylation sites is 1. The molecule has 0 saturated carbocycles. The van der Waals surface area contributed by atoms with Gasteiger partial charge in [-0.2, -0.15) is 5.10 Å². The molecular weight excluding hydrogens is 330 g/mol. The molecule has 0 fully saturated rings. The first-order valence-corrected chi connectivity index (χ1v) is 8.81. The van der Waals surface area contributed by atoms with E-state index in [2.05, 4.69) is 29.2 Å². The number of benzene rings is 1. The molecule has 2 aromatic heterocycles. The third-order valence-corrected chi connectivity index (χ3v) is 4.18. The Hall–Kier alpha value is -2.96. The number of hydrogen-bond donors (Lipinski definition) is 1. The van der Waals surface area contributed by atoms with Crippen molar-refractivity contribution >= 4 is 16.9 Å². The quantitative estimate of drug-likeness (QED) is 0.705. The molecule has 1 N–H and O–H groups in total. The van der Waals surface area contributed by atoms with Crippen molar-refractivity contribution in [2.24, 2.45) is 5.92 Å². The molecule has 7 heteroatoms. The van der Waals surface area contributed by atoms with Crippen LogP contribution in [0.15, 0.2) is 47.7 Å². The lowest BCUT2D eigenvalue weighted by atomic mass is 10.1. The van der Waals surface area contributed by atoms with Crippen LogP contribution >= 0.6 is 0 Å². The maximum atomic E-state index is 12.6. The van der Waals surface area contributed by atoms with E-state index < -0.39 is 0 Å². The number of rotatable bonds is 7. The van der Waals surface area contributed by atoms with Gasteiger partial charge in [0.05, 0.1) is 18.2 Å². The first-order valence-electron chi connectivity index (χ1n) is 8.81. The first-order chi connectivity index (χ1) is 12.6. The summed E-state index contributed by atoms with van der Waals surface area (Å²) in [5.74, 6) is 0.489. The van der Waals surface area contributed by atoms with E-state index in [0.29, 0.717) is 30.0 Å². The second kappa shape index (κ2) is 7.95. The second-order valence-corrected chi connectivity index (χ2v) is 6.65. The molecular formula is C19H23N5O2. The van der Waals surface area contributed by atoms with Crippen LogP contribution in [-0.2, 0) is 11.3 Å². The fourth-order valence-electron chi connectivity index (χ4n) is 2.68. The maximum absolute atomic E-state index is 12.6. The van der Waals surface area contributed by atoms with Gasteiger partial charge in [-0.05, 0) is 24.5 Å². The van der Waals surface area contributed by atoms with Crippen LogP contribution in [0, 0.1) is 5.92 Å². The van der Waals surface area contributed by atoms with Gasteiger partial charge in [-0.25, -0.2) is 9.67 Å². The van der Waals surface area contributed by atoms with Gasteiger partial charge in [0.1, 0.15) is 5.39 Å². The minimum Gasteiger partial charge on any atom is -0.356 e. The van der Waals surface area contributed by atoms with E-state index in [1.54, 1.807) is 4.68 Å². The Kier molecular flexibility index (Phi) is 5.46. The Labute approximate surface area is 151 Å². The summed E-state index contributed by atoms with van der Waals surface area (Å²) in [6.07, 6.45) is 4.19. The maximum Gasteiger partial charge on any atom is 0.264 e. The highest BCUT2D eigenvalue weighted by atomic mass is 16.1. The van der Waals surface area contributed by atoms with Gasteiger partial charge in [0.15, 0.2) is 5.65 Å². The molecule has 1 amide bonds. The zero-order valence-corrected chi connectivity index (χ0v) is 15.1. The van der Waals surface area contributed by atoms with E-state index in [0.717, 1.165) is 12.1 Å². The number of amides is 1. The molecule has 26 heavy (non-hydrogen) atoms. The molecule has 0 radical (unpaired) electrons. The largest absolute Gasteiger partial charge is 0.356 e. The van der Waals surface area contributed by atoms with Crippen LogP contribution in [0.2, 0.25) is 0 Å². The molecule has 2 heterocycles. The van der Waals surface area contributed by atoms with Gasteiger partial charge in [-0.15, -0.1) is 0 Å². The fourth-order valence-corrected chi connectivity index (χ4v) is 2.68. The van der Waals surface area contributed by atoms with Gasteiger partial charge in [-0.3, -0.25) is 14.2 Å². The summed E-state index contributed by atoms with van der Waals surface area (Å²) >= 11 is 0. The van der Waals surface area contributed by atoms with Crippen molar-refractivity contribution in [2.45, 2.75) is 33.2 Å². The summed E-state index contributed by atoms with van der Waals surface area (Å²) in [6.45, 7) is 5.18. The zero-order chi connectivity index (χ0) is 18.5. The lowest BCUT2D eigenvalue weighted by Crippen LogP contribution is -2.28. The van der Waals surface area contributed by atoms with Crippen molar-refractivity contribution in [3.63, 3.8) is 0 Å². The van der Waals surface area contributed by atoms with E-state index >= 15 is 0 Å². The Bertz CT molecular complexity index is 943. The Morgan fingerprint density at radius 3 is 2.73 bits per heavy atom. The molecule has 0 aliphatic rings. The Morgan fingerprint density at radius 2 is 2.00 bits per heavy atom. The van der Waals surface area contributed by atoms with Crippen molar-refractivity contribution in [1.82, 2.24) is 24.6 Å². The van der Waals surface area contributed by atoms with Crippen molar-refractivity contribution in [1.29, 1.82) is 0 Å². The summed E-state index contributed by atoms with van der Waals surface area (Å²) in [5, 5.41) is 7.60. The lowest BCUT2D eigenvalue weighted by molar-refractivity contribution is -0.121. The molecule has 0 aliphatic heterocycles. The molecule has 0 aliphatic carbocycles. The number of fused-ring (bicyclic) bond motifs is 1. The standard InChI is InChI=1S/C19H23N5O2/c1-14(2)8-10-20-17(25)9-11-23-13-21-18-16(19(23)26)12-22-24(18)15-6-4-3-5-7-15/h3-7,12-14H,8-11H2,1-2H3,(H,20,25). The average Bonchev–Trinajstić information content (AvgIpc) is 3.06. The van der Waals surface area contributed by atoms with Gasteiger partial charge >= 0.3 is 0 Å². The number of carbonyl (C=O) groups is 1. The predicted molar refractivity (Wildman–Crippen MR) is 100 cm³/mol. The molecule has 0 atom stereocenters. The smallest absolute Gasteiger partial charge is 0.264 e. The number of hydrogen-bond acceptors (Lipinski definition) is 4. The third-order valence-electron chi connectivity index (χ3n) is 4.18. The fraction of sp³-hybridized carbons (Fsp3) is 0.368. The second-order valence-electron chi connectivity index (χ2n) is 6.65. The van der Waals surface area contributed by atoms with Crippen molar-refractivity contribution < 1.29 is 4.79 Å². The molecule has 0 spiro atoms. The molecule has 1 aromatic carbocycles. The number of carbonyl (C=O) groups excluding carboxylic acids is 1. The minimum atomic E-state index is -0.188. The molecule has 0 bridgehead atoms. The van der Waals surface area contributed by atoms with Crippen LogP contribution < -0.4 is 10.9 Å². The van der Waals surface area contributed by atoms with Crippen molar-refractivity contribution in [3.05, 3.63) is 53.2 Å². The summed E-state index contributed by atoms with van der Waals surface area (Å²) in [6, 6.07) is 9.54. The highest BCUT2D eigenvalue weighted by molar-refractivity contribution is 5.76. The van der Waals surface area contributed by atoms with Gasteiger partial charge in [0.2, 0.25) is 5.91 Å². The average molecular weight is 353 g/mol. The van der Waals surface area contributed by atoms with Crippen LogP contribution in [-0.4, -0.2) is 31.8 Å². The van der Waals surface area contributed by atoms with Crippen LogP contribution in [0.4, 0.5) is 0 Å². The van der Waals surface area contributed by atoms with E-state index in [1.807, 2.05) is 30.3 Å². The van der Waals surface area contributed by atoms with Gasteiger partial charge < -0.3 is 5.32 Å². The molecule has 136 valence electrons. The van der Waals surface area contributed by atoms with Gasteiger partial charge in [-0.1, -0.05) is 32.0 Å². The number of aromatic nitrogens is 4. The predicted octanol–water partition coefficient (Wildman–Crippen LogP) is 2.13. The van der Waals surface area contributed by atoms with Crippen molar-refractivity contribution in [2.75, 3.05) is 6.54 Å². The van der Waals surface area contributed by atoms with Crippen LogP contribution in [0.5, 0.6) is 0 Å². The molecule has 7 nitrogen and oxygen atoms in total. The van der Waals surface area contributed by atoms with Crippen molar-refractivity contribution in [3.8, 4) is 5.69 Å². The zero-order valence-electron chi connectivity index (χ0n) is 15.1. The Balaban J connectivity index is 1.72. The molecule has 3 aromatic rings. The van der Waals surface area contributed by atoms with Crippen LogP contribution in [0.1, 0.15) is 26.7 Å². The molecule has 0 unspecified atom stereocenters. The summed E-state index contributed by atoms with van der Waals surface area (Å²) in [7, 11) is 0. The third kappa shape index (κ3) is 3.99. The highest BCUT2D eigenvalue weighted by Crippen LogP contribution is 2.12. The summed E-state index contributed by atoms with van der Waals surface area (Å²) < 4.78 is 3.10. The Morgan fingerprint density at radius 1 is 1.23 bits per heavy atom. The van der Waals surface area contributed by atoms with E-state index in [9.17, 15) is 9.59 Å². The topological polar surface area (TPSA) is 81.8 Å². The van der Waals surface area contributed by atoms with Crippen LogP contribution in [0.3, 0.4) is 0 Å². The lowest BCUT2D eigenvalue weighted by Gasteiger charge is -2.08. The summed E-state index contributed by atoms with van der Waals surface area (Å²) in [5.41, 5.74) is 1.17. The molecule has 0 saturated heterocycles.